The molecule has 2 rings (SSSR count). The summed E-state index contributed by atoms with van der Waals surface area (Å²) in [5.74, 6) is -0.953. The molecule has 0 unspecified atom stereocenters. The van der Waals surface area contributed by atoms with Gasteiger partial charge in [0.2, 0.25) is 0 Å². The highest BCUT2D eigenvalue weighted by atomic mass is 19.1. The Kier molecular flexibility index (Phi) is 5.66. The van der Waals surface area contributed by atoms with Crippen LogP contribution in [-0.4, -0.2) is 13.1 Å². The molecule has 0 saturated carbocycles. The second-order valence-electron chi connectivity index (χ2n) is 7.34. The summed E-state index contributed by atoms with van der Waals surface area (Å²) in [6, 6.07) is 4.55. The van der Waals surface area contributed by atoms with Gasteiger partial charge in [-0.3, -0.25) is 0 Å². The molecule has 1 aliphatic carbocycles. The van der Waals surface area contributed by atoms with Crippen LogP contribution in [0.25, 0.3) is 5.57 Å². The number of hydrogen-bond donors (Lipinski definition) is 0. The maximum Gasteiger partial charge on any atom is 0.337 e. The molecule has 2 nitrogen and oxygen atoms in total. The van der Waals surface area contributed by atoms with Crippen LogP contribution in [0.3, 0.4) is 0 Å². The summed E-state index contributed by atoms with van der Waals surface area (Å²) in [7, 11) is 1.29. The summed E-state index contributed by atoms with van der Waals surface area (Å²) in [6.07, 6.45) is 5.00. The Balaban J connectivity index is 2.70. The lowest BCUT2D eigenvalue weighted by Gasteiger charge is -2.37. The van der Waals surface area contributed by atoms with Crippen LogP contribution in [0.15, 0.2) is 47.6 Å². The Morgan fingerprint density at radius 2 is 2.04 bits per heavy atom. The first-order valence-corrected chi connectivity index (χ1v) is 8.65. The van der Waals surface area contributed by atoms with Gasteiger partial charge in [0.25, 0.3) is 0 Å². The Hall–Kier alpha value is -2.16. The number of ether oxygens (including phenoxy) is 1. The average Bonchev–Trinajstić information content (AvgIpc) is 2.57. The van der Waals surface area contributed by atoms with Gasteiger partial charge >= 0.3 is 5.97 Å². The first-order valence-electron chi connectivity index (χ1n) is 8.65. The van der Waals surface area contributed by atoms with Gasteiger partial charge in [-0.1, -0.05) is 38.1 Å². The molecule has 0 aliphatic heterocycles. The second-order valence-corrected chi connectivity index (χ2v) is 7.34. The maximum atomic E-state index is 14.9. The molecule has 0 bridgehead atoms. The largest absolute Gasteiger partial charge is 0.465 e. The summed E-state index contributed by atoms with van der Waals surface area (Å²) in [6.45, 7) is 12.4. The van der Waals surface area contributed by atoms with Crippen molar-refractivity contribution >= 4 is 11.5 Å². The van der Waals surface area contributed by atoms with Crippen LogP contribution in [0.5, 0.6) is 0 Å². The van der Waals surface area contributed by atoms with E-state index >= 15 is 0 Å². The van der Waals surface area contributed by atoms with Crippen molar-refractivity contribution in [2.24, 2.45) is 5.41 Å². The molecule has 0 N–H and O–H groups in total. The SMILES string of the molecule is C=CC(C)=C(C1=C(C)CCCC1(C)C)c1ccc(C(=O)OC)cc1F. The third-order valence-electron chi connectivity index (χ3n) is 5.07. The van der Waals surface area contributed by atoms with Crippen molar-refractivity contribution in [2.75, 3.05) is 7.11 Å². The van der Waals surface area contributed by atoms with Crippen LogP contribution in [0.2, 0.25) is 0 Å². The van der Waals surface area contributed by atoms with Crippen LogP contribution in [0.1, 0.15) is 62.9 Å². The lowest BCUT2D eigenvalue weighted by molar-refractivity contribution is 0.0600. The molecule has 0 fully saturated rings. The van der Waals surface area contributed by atoms with E-state index in [0.29, 0.717) is 5.56 Å². The van der Waals surface area contributed by atoms with Gasteiger partial charge in [-0.2, -0.15) is 0 Å². The molecule has 0 amide bonds. The Labute approximate surface area is 150 Å². The molecule has 0 spiro atoms. The van der Waals surface area contributed by atoms with E-state index in [0.717, 1.165) is 30.4 Å². The van der Waals surface area contributed by atoms with E-state index < -0.39 is 11.8 Å². The van der Waals surface area contributed by atoms with Gasteiger partial charge in [0.05, 0.1) is 12.7 Å². The van der Waals surface area contributed by atoms with Crippen molar-refractivity contribution in [3.63, 3.8) is 0 Å². The topological polar surface area (TPSA) is 26.3 Å². The number of hydrogen-bond acceptors (Lipinski definition) is 2. The van der Waals surface area contributed by atoms with E-state index in [1.807, 2.05) is 6.92 Å². The number of methoxy groups -OCH3 is 1. The monoisotopic (exact) mass is 342 g/mol. The lowest BCUT2D eigenvalue weighted by atomic mass is 9.68. The number of carbonyl (C=O) groups excluding carboxylic acids is 1. The lowest BCUT2D eigenvalue weighted by Crippen LogP contribution is -2.22. The predicted octanol–water partition coefficient (Wildman–Crippen LogP) is 6.10. The number of allylic oxidation sites excluding steroid dienone is 5. The molecule has 0 heterocycles. The second kappa shape index (κ2) is 7.38. The van der Waals surface area contributed by atoms with E-state index in [9.17, 15) is 9.18 Å². The molecule has 0 atom stereocenters. The smallest absolute Gasteiger partial charge is 0.337 e. The van der Waals surface area contributed by atoms with Crippen LogP contribution >= 0.6 is 0 Å². The van der Waals surface area contributed by atoms with Crippen molar-refractivity contribution in [3.8, 4) is 0 Å². The normalized spacial score (nSPS) is 17.8. The first-order chi connectivity index (χ1) is 11.7. The molecule has 0 radical (unpaired) electrons. The van der Waals surface area contributed by atoms with Crippen LogP contribution < -0.4 is 0 Å². The fourth-order valence-corrected chi connectivity index (χ4v) is 3.78. The fourth-order valence-electron chi connectivity index (χ4n) is 3.78. The number of esters is 1. The zero-order valence-electron chi connectivity index (χ0n) is 15.8. The summed E-state index contributed by atoms with van der Waals surface area (Å²) in [5.41, 5.74) is 5.02. The van der Waals surface area contributed by atoms with E-state index in [4.69, 9.17) is 0 Å². The number of rotatable bonds is 4. The summed E-state index contributed by atoms with van der Waals surface area (Å²) >= 11 is 0. The quantitative estimate of drug-likeness (QED) is 0.488. The minimum Gasteiger partial charge on any atom is -0.465 e. The Morgan fingerprint density at radius 1 is 1.36 bits per heavy atom. The van der Waals surface area contributed by atoms with Gasteiger partial charge in [-0.25, -0.2) is 9.18 Å². The number of carbonyl (C=O) groups is 1. The Bertz CT molecular complexity index is 766. The van der Waals surface area contributed by atoms with Gasteiger partial charge in [0.1, 0.15) is 5.82 Å². The van der Waals surface area contributed by atoms with E-state index in [2.05, 4.69) is 32.1 Å². The molecule has 25 heavy (non-hydrogen) atoms. The molecule has 134 valence electrons. The summed E-state index contributed by atoms with van der Waals surface area (Å²) in [4.78, 5) is 11.7. The number of halogens is 1. The molecule has 3 heteroatoms. The highest BCUT2D eigenvalue weighted by Gasteiger charge is 2.32. The van der Waals surface area contributed by atoms with Crippen molar-refractivity contribution in [2.45, 2.75) is 47.0 Å². The molecule has 1 aromatic carbocycles. The van der Waals surface area contributed by atoms with Gasteiger partial charge < -0.3 is 4.74 Å². The summed E-state index contributed by atoms with van der Waals surface area (Å²) in [5, 5.41) is 0. The zero-order chi connectivity index (χ0) is 18.8. The first kappa shape index (κ1) is 19.2. The highest BCUT2D eigenvalue weighted by molar-refractivity contribution is 5.91. The van der Waals surface area contributed by atoms with E-state index in [1.54, 1.807) is 18.2 Å². The fraction of sp³-hybridized carbons (Fsp3) is 0.409. The standard InChI is InChI=1S/C22H27FO2/c1-7-14(2)19(20-15(3)9-8-12-22(20,4)5)17-11-10-16(13-18(17)23)21(24)25-6/h7,10-11,13H,1,8-9,12H2,2-6H3. The van der Waals surface area contributed by atoms with Crippen molar-refractivity contribution in [3.05, 3.63) is 64.5 Å². The van der Waals surface area contributed by atoms with Crippen LogP contribution in [-0.2, 0) is 4.74 Å². The predicted molar refractivity (Wildman–Crippen MR) is 101 cm³/mol. The molecule has 1 aliphatic rings. The van der Waals surface area contributed by atoms with Gasteiger partial charge in [-0.15, -0.1) is 0 Å². The van der Waals surface area contributed by atoms with Crippen molar-refractivity contribution in [1.29, 1.82) is 0 Å². The molecule has 0 aromatic heterocycles. The molecule has 0 saturated heterocycles. The summed E-state index contributed by atoms with van der Waals surface area (Å²) < 4.78 is 19.6. The molecule has 1 aromatic rings. The Morgan fingerprint density at radius 3 is 2.56 bits per heavy atom. The highest BCUT2D eigenvalue weighted by Crippen LogP contribution is 2.48. The maximum absolute atomic E-state index is 14.9. The minimum atomic E-state index is -0.537. The zero-order valence-corrected chi connectivity index (χ0v) is 15.8. The van der Waals surface area contributed by atoms with Crippen LogP contribution in [0, 0.1) is 11.2 Å². The third kappa shape index (κ3) is 3.76. The average molecular weight is 342 g/mol. The van der Waals surface area contributed by atoms with E-state index in [1.165, 1.54) is 24.3 Å². The van der Waals surface area contributed by atoms with Crippen molar-refractivity contribution in [1.82, 2.24) is 0 Å². The number of benzene rings is 1. The van der Waals surface area contributed by atoms with Crippen molar-refractivity contribution < 1.29 is 13.9 Å². The molecular weight excluding hydrogens is 315 g/mol. The third-order valence-corrected chi connectivity index (χ3v) is 5.07. The van der Waals surface area contributed by atoms with Gasteiger partial charge in [0.15, 0.2) is 0 Å². The van der Waals surface area contributed by atoms with Gasteiger partial charge in [-0.05, 0) is 67.4 Å². The minimum absolute atomic E-state index is 0.0323. The van der Waals surface area contributed by atoms with E-state index in [-0.39, 0.29) is 11.0 Å². The van der Waals surface area contributed by atoms with Crippen LogP contribution in [0.4, 0.5) is 4.39 Å². The molecular formula is C22H27FO2. The van der Waals surface area contributed by atoms with Gasteiger partial charge in [0, 0.05) is 5.56 Å².